The zero-order valence-electron chi connectivity index (χ0n) is 16.8. The van der Waals surface area contributed by atoms with E-state index in [1.54, 1.807) is 0 Å². The Balaban J connectivity index is 1.60. The van der Waals surface area contributed by atoms with Gasteiger partial charge < -0.3 is 4.90 Å². The van der Waals surface area contributed by atoms with E-state index in [4.69, 9.17) is 0 Å². The minimum absolute atomic E-state index is 0.0647. The molecule has 32 heavy (non-hydrogen) atoms. The third kappa shape index (κ3) is 3.88. The minimum atomic E-state index is -3.78. The summed E-state index contributed by atoms with van der Waals surface area (Å²) >= 11 is 0. The number of amides is 1. The Morgan fingerprint density at radius 1 is 1.09 bits per heavy atom. The van der Waals surface area contributed by atoms with E-state index in [1.807, 2.05) is 4.72 Å². The van der Waals surface area contributed by atoms with Crippen LogP contribution in [0.25, 0.3) is 11.1 Å². The van der Waals surface area contributed by atoms with Gasteiger partial charge in [0.1, 0.15) is 23.3 Å². The van der Waals surface area contributed by atoms with Crippen molar-refractivity contribution in [3.63, 3.8) is 0 Å². The van der Waals surface area contributed by atoms with Crippen molar-refractivity contribution in [1.82, 2.24) is 9.62 Å². The number of nitrogens with zero attached hydrogens (tertiary/aromatic N) is 1. The number of carbonyl (C=O) groups excluding carboxylic acids is 1. The first-order valence-corrected chi connectivity index (χ1v) is 11.6. The average Bonchev–Trinajstić information content (AvgIpc) is 3.38. The van der Waals surface area contributed by atoms with Gasteiger partial charge in [0.05, 0.1) is 24.3 Å². The predicted molar refractivity (Wildman–Crippen MR) is 106 cm³/mol. The van der Waals surface area contributed by atoms with E-state index in [-0.39, 0.29) is 17.5 Å². The molecule has 172 valence electrons. The van der Waals surface area contributed by atoms with Crippen LogP contribution in [0.5, 0.6) is 0 Å². The number of nitrogens with one attached hydrogen (secondary N) is 1. The summed E-state index contributed by atoms with van der Waals surface area (Å²) in [4.78, 5) is 13.6. The summed E-state index contributed by atoms with van der Waals surface area (Å²) in [5.41, 5.74) is -2.91. The number of carbonyl (C=O) groups is 1. The van der Waals surface area contributed by atoms with Gasteiger partial charge in [-0.25, -0.2) is 35.1 Å². The summed E-state index contributed by atoms with van der Waals surface area (Å²) in [5.74, 6) is -7.36. The molecule has 3 atom stereocenters. The molecular weight excluding hydrogens is 455 g/mol. The Hall–Kier alpha value is -2.53. The molecule has 1 aliphatic carbocycles. The van der Waals surface area contributed by atoms with Crippen LogP contribution >= 0.6 is 0 Å². The van der Waals surface area contributed by atoms with Gasteiger partial charge in [0.15, 0.2) is 0 Å². The smallest absolute Gasteiger partial charge is 0.286 e. The first-order chi connectivity index (χ1) is 14.8. The van der Waals surface area contributed by atoms with Gasteiger partial charge in [-0.15, -0.1) is 0 Å². The molecule has 0 radical (unpaired) electrons. The third-order valence-electron chi connectivity index (χ3n) is 5.87. The summed E-state index contributed by atoms with van der Waals surface area (Å²) in [6, 6.07) is 7.03. The molecular formula is C21H19F5N2O3S. The van der Waals surface area contributed by atoms with Gasteiger partial charge >= 0.3 is 0 Å². The Morgan fingerprint density at radius 3 is 2.31 bits per heavy atom. The van der Waals surface area contributed by atoms with E-state index < -0.39 is 69.8 Å². The fraction of sp³-hybridized carbons (Fsp3) is 0.381. The van der Waals surface area contributed by atoms with Gasteiger partial charge in [-0.05, 0) is 23.3 Å². The highest BCUT2D eigenvalue weighted by Gasteiger charge is 2.66. The van der Waals surface area contributed by atoms with Crippen molar-refractivity contribution in [2.45, 2.75) is 24.1 Å². The molecule has 1 saturated heterocycles. The van der Waals surface area contributed by atoms with Crippen LogP contribution in [-0.4, -0.2) is 50.5 Å². The molecule has 2 aliphatic rings. The van der Waals surface area contributed by atoms with Gasteiger partial charge in [-0.3, -0.25) is 4.79 Å². The standard InChI is InChI=1S/C21H19F5N2O3S/c1-32(30,31)27-10-17-21(25,26)11-28(17)19(29)14-9-20(14,24)13-6-3-2-5-12(13)18-15(22)7-4-8-16(18)23/h2-8,14,17,27H,9-11H2,1H3/t14-,17-,20+/m0/s1. The molecule has 1 N–H and O–H groups in total. The SMILES string of the molecule is CS(=O)(=O)NC[C@@H]1N(C(=O)[C@@H]2C[C@@]2(F)c2ccccc2-c2c(F)cccc2F)CC1(F)F. The summed E-state index contributed by atoms with van der Waals surface area (Å²) in [6.45, 7) is -1.67. The van der Waals surface area contributed by atoms with Gasteiger partial charge in [0.25, 0.3) is 5.92 Å². The Kier molecular flexibility index (Phi) is 5.32. The van der Waals surface area contributed by atoms with Crippen LogP contribution in [0, 0.1) is 17.6 Å². The van der Waals surface area contributed by atoms with Crippen LogP contribution in [0.3, 0.4) is 0 Å². The second-order valence-corrected chi connectivity index (χ2v) is 9.96. The molecule has 1 saturated carbocycles. The van der Waals surface area contributed by atoms with E-state index in [1.165, 1.54) is 30.3 Å². The molecule has 4 rings (SSSR count). The van der Waals surface area contributed by atoms with Crippen LogP contribution in [0.4, 0.5) is 22.0 Å². The highest BCUT2D eigenvalue weighted by Crippen LogP contribution is 2.59. The molecule has 1 aliphatic heterocycles. The number of sulfonamides is 1. The van der Waals surface area contributed by atoms with Crippen LogP contribution in [0.2, 0.25) is 0 Å². The lowest BCUT2D eigenvalue weighted by Gasteiger charge is -2.47. The van der Waals surface area contributed by atoms with Crippen molar-refractivity contribution in [2.24, 2.45) is 5.92 Å². The Morgan fingerprint density at radius 2 is 1.72 bits per heavy atom. The lowest BCUT2D eigenvalue weighted by Crippen LogP contribution is -2.70. The topological polar surface area (TPSA) is 66.5 Å². The second-order valence-electron chi connectivity index (χ2n) is 8.13. The largest absolute Gasteiger partial charge is 0.326 e. The van der Waals surface area contributed by atoms with Crippen LogP contribution in [0.15, 0.2) is 42.5 Å². The fourth-order valence-corrected chi connectivity index (χ4v) is 4.58. The van der Waals surface area contributed by atoms with Gasteiger partial charge in [0.2, 0.25) is 15.9 Å². The van der Waals surface area contributed by atoms with Gasteiger partial charge in [-0.2, -0.15) is 0 Å². The number of halogens is 5. The lowest BCUT2D eigenvalue weighted by atomic mass is 9.92. The normalized spacial score (nSPS) is 26.5. The van der Waals surface area contributed by atoms with Crippen LogP contribution < -0.4 is 4.72 Å². The molecule has 0 unspecified atom stereocenters. The monoisotopic (exact) mass is 474 g/mol. The molecule has 0 aromatic heterocycles. The third-order valence-corrected chi connectivity index (χ3v) is 6.56. The van der Waals surface area contributed by atoms with E-state index >= 15 is 4.39 Å². The van der Waals surface area contributed by atoms with Crippen molar-refractivity contribution in [3.8, 4) is 11.1 Å². The van der Waals surface area contributed by atoms with Crippen molar-refractivity contribution in [1.29, 1.82) is 0 Å². The lowest BCUT2D eigenvalue weighted by molar-refractivity contribution is -0.194. The molecule has 0 spiro atoms. The number of hydrogen-bond donors (Lipinski definition) is 1. The average molecular weight is 474 g/mol. The summed E-state index contributed by atoms with van der Waals surface area (Å²) in [6.07, 6.45) is 0.454. The number of benzene rings is 2. The molecule has 11 heteroatoms. The maximum atomic E-state index is 15.8. The number of likely N-dealkylation sites (tertiary alicyclic amines) is 1. The molecule has 0 bridgehead atoms. The maximum Gasteiger partial charge on any atom is 0.286 e. The predicted octanol–water partition coefficient (Wildman–Crippen LogP) is 3.21. The molecule has 2 aromatic carbocycles. The second kappa shape index (κ2) is 7.51. The number of hydrogen-bond acceptors (Lipinski definition) is 3. The number of rotatable bonds is 6. The highest BCUT2D eigenvalue weighted by atomic mass is 32.2. The van der Waals surface area contributed by atoms with E-state index in [2.05, 4.69) is 0 Å². The Bertz CT molecular complexity index is 1170. The van der Waals surface area contributed by atoms with E-state index in [0.717, 1.165) is 23.3 Å². The van der Waals surface area contributed by atoms with Gasteiger partial charge in [-0.1, -0.05) is 30.3 Å². The zero-order valence-corrected chi connectivity index (χ0v) is 17.6. The molecule has 2 aromatic rings. The van der Waals surface area contributed by atoms with E-state index in [9.17, 15) is 30.8 Å². The summed E-state index contributed by atoms with van der Waals surface area (Å²) in [7, 11) is -3.78. The van der Waals surface area contributed by atoms with Crippen molar-refractivity contribution >= 4 is 15.9 Å². The molecule has 1 amide bonds. The minimum Gasteiger partial charge on any atom is -0.326 e. The quantitative estimate of drug-likeness (QED) is 0.654. The van der Waals surface area contributed by atoms with Crippen molar-refractivity contribution < 1.29 is 35.2 Å². The highest BCUT2D eigenvalue weighted by molar-refractivity contribution is 7.88. The van der Waals surface area contributed by atoms with E-state index in [0.29, 0.717) is 0 Å². The first-order valence-electron chi connectivity index (χ1n) is 9.71. The first kappa shape index (κ1) is 22.7. The summed E-state index contributed by atoms with van der Waals surface area (Å²) < 4.78 is 96.7. The van der Waals surface area contributed by atoms with Crippen LogP contribution in [-0.2, 0) is 20.5 Å². The van der Waals surface area contributed by atoms with Crippen LogP contribution in [0.1, 0.15) is 12.0 Å². The number of alkyl halides is 3. The van der Waals surface area contributed by atoms with Gasteiger partial charge in [0, 0.05) is 13.0 Å². The zero-order chi connectivity index (χ0) is 23.5. The van der Waals surface area contributed by atoms with Crippen molar-refractivity contribution in [2.75, 3.05) is 19.3 Å². The Labute approximate surface area is 181 Å². The van der Waals surface area contributed by atoms with Crippen molar-refractivity contribution in [3.05, 3.63) is 59.7 Å². The molecule has 5 nitrogen and oxygen atoms in total. The summed E-state index contributed by atoms with van der Waals surface area (Å²) in [5, 5.41) is 0. The molecule has 1 heterocycles. The maximum absolute atomic E-state index is 15.8. The fourth-order valence-electron chi connectivity index (χ4n) is 4.12. The molecule has 2 fully saturated rings.